The van der Waals surface area contributed by atoms with E-state index in [1.54, 1.807) is 0 Å². The number of hydrogen-bond donors (Lipinski definition) is 1. The molecule has 5 nitrogen and oxygen atoms in total. The summed E-state index contributed by atoms with van der Waals surface area (Å²) in [6.07, 6.45) is 3.84. The first-order valence-electron chi connectivity index (χ1n) is 8.07. The Bertz CT molecular complexity index is 508. The topological polar surface area (TPSA) is 58.3 Å². The lowest BCUT2D eigenvalue weighted by Gasteiger charge is -2.28. The van der Waals surface area contributed by atoms with Crippen molar-refractivity contribution in [3.63, 3.8) is 0 Å². The van der Waals surface area contributed by atoms with Crippen LogP contribution in [0.2, 0.25) is 0 Å². The smallest absolute Gasteiger partial charge is 0.138 e. The summed E-state index contributed by atoms with van der Waals surface area (Å²) < 4.78 is 0. The minimum Gasteiger partial charge on any atom is -0.384 e. The van der Waals surface area contributed by atoms with Crippen molar-refractivity contribution in [3.05, 3.63) is 11.9 Å². The summed E-state index contributed by atoms with van der Waals surface area (Å²) in [6.45, 7) is 11.0. The average molecular weight is 289 g/mol. The van der Waals surface area contributed by atoms with Crippen molar-refractivity contribution in [3.8, 4) is 0 Å². The van der Waals surface area contributed by atoms with Gasteiger partial charge < -0.3 is 10.6 Å². The van der Waals surface area contributed by atoms with Crippen molar-refractivity contribution in [2.75, 3.05) is 36.8 Å². The second-order valence-corrected chi connectivity index (χ2v) is 7.36. The normalized spacial score (nSPS) is 24.0. The van der Waals surface area contributed by atoms with Crippen LogP contribution in [0.5, 0.6) is 0 Å². The third-order valence-corrected chi connectivity index (χ3v) is 4.53. The van der Waals surface area contributed by atoms with Gasteiger partial charge in [-0.15, -0.1) is 0 Å². The summed E-state index contributed by atoms with van der Waals surface area (Å²) in [7, 11) is 0. The Labute approximate surface area is 127 Å². The van der Waals surface area contributed by atoms with Crippen LogP contribution in [0, 0.1) is 0 Å². The molecule has 0 bridgehead atoms. The molecule has 3 heterocycles. The van der Waals surface area contributed by atoms with Gasteiger partial charge in [0.15, 0.2) is 0 Å². The second kappa shape index (κ2) is 5.44. The maximum Gasteiger partial charge on any atom is 0.138 e. The Morgan fingerprint density at radius 1 is 1.14 bits per heavy atom. The van der Waals surface area contributed by atoms with Crippen molar-refractivity contribution in [1.29, 1.82) is 0 Å². The van der Waals surface area contributed by atoms with Gasteiger partial charge in [0.25, 0.3) is 0 Å². The molecule has 116 valence electrons. The van der Waals surface area contributed by atoms with E-state index in [2.05, 4.69) is 35.6 Å². The summed E-state index contributed by atoms with van der Waals surface area (Å²) in [4.78, 5) is 14.3. The molecule has 1 aromatic heterocycles. The number of nitrogen functional groups attached to an aromatic ring is 1. The minimum atomic E-state index is -0.0740. The lowest BCUT2D eigenvalue weighted by Crippen LogP contribution is -2.37. The van der Waals surface area contributed by atoms with Gasteiger partial charge in [0.05, 0.1) is 0 Å². The number of nitrogens with zero attached hydrogens (tertiary/aromatic N) is 4. The zero-order chi connectivity index (χ0) is 15.0. The predicted molar refractivity (Wildman–Crippen MR) is 86.6 cm³/mol. The SMILES string of the molecule is CC(C)(C)c1nc(N)cc(N2CCCN3CCCC3C2)n1. The van der Waals surface area contributed by atoms with Gasteiger partial charge in [-0.3, -0.25) is 4.90 Å². The highest BCUT2D eigenvalue weighted by Crippen LogP contribution is 2.27. The van der Waals surface area contributed by atoms with Crippen LogP contribution in [-0.4, -0.2) is 47.1 Å². The zero-order valence-corrected chi connectivity index (χ0v) is 13.5. The standard InChI is InChI=1S/C16H27N5/c1-16(2,3)15-18-13(17)10-14(19-15)21-9-5-8-20-7-4-6-12(20)11-21/h10,12H,4-9,11H2,1-3H3,(H2,17,18,19). The van der Waals surface area contributed by atoms with Crippen molar-refractivity contribution in [2.45, 2.75) is 51.5 Å². The average Bonchev–Trinajstić information content (AvgIpc) is 2.74. The van der Waals surface area contributed by atoms with E-state index in [0.29, 0.717) is 11.9 Å². The highest BCUT2D eigenvalue weighted by molar-refractivity contribution is 5.48. The molecule has 0 aliphatic carbocycles. The first-order valence-corrected chi connectivity index (χ1v) is 8.07. The molecule has 0 aromatic carbocycles. The zero-order valence-electron chi connectivity index (χ0n) is 13.5. The molecule has 0 saturated carbocycles. The van der Waals surface area contributed by atoms with E-state index in [1.807, 2.05) is 6.07 Å². The van der Waals surface area contributed by atoms with Crippen LogP contribution in [0.3, 0.4) is 0 Å². The molecule has 0 amide bonds. The van der Waals surface area contributed by atoms with Gasteiger partial charge in [-0.25, -0.2) is 9.97 Å². The van der Waals surface area contributed by atoms with Gasteiger partial charge in [-0.2, -0.15) is 0 Å². The molecule has 1 atom stereocenters. The Balaban J connectivity index is 1.87. The van der Waals surface area contributed by atoms with Crippen molar-refractivity contribution in [2.24, 2.45) is 0 Å². The number of fused-ring (bicyclic) bond motifs is 1. The van der Waals surface area contributed by atoms with Gasteiger partial charge in [-0.1, -0.05) is 20.8 Å². The number of rotatable bonds is 1. The summed E-state index contributed by atoms with van der Waals surface area (Å²) >= 11 is 0. The highest BCUT2D eigenvalue weighted by atomic mass is 15.3. The van der Waals surface area contributed by atoms with E-state index in [1.165, 1.54) is 32.4 Å². The second-order valence-electron chi connectivity index (χ2n) is 7.36. The minimum absolute atomic E-state index is 0.0740. The summed E-state index contributed by atoms with van der Waals surface area (Å²) in [5, 5.41) is 0. The van der Waals surface area contributed by atoms with Gasteiger partial charge >= 0.3 is 0 Å². The third-order valence-electron chi connectivity index (χ3n) is 4.53. The van der Waals surface area contributed by atoms with Crippen LogP contribution in [0.4, 0.5) is 11.6 Å². The van der Waals surface area contributed by atoms with Crippen LogP contribution < -0.4 is 10.6 Å². The van der Waals surface area contributed by atoms with E-state index in [9.17, 15) is 0 Å². The fraction of sp³-hybridized carbons (Fsp3) is 0.750. The first kappa shape index (κ1) is 14.6. The molecule has 2 aliphatic rings. The van der Waals surface area contributed by atoms with E-state index in [0.717, 1.165) is 24.7 Å². The van der Waals surface area contributed by atoms with Crippen molar-refractivity contribution in [1.82, 2.24) is 14.9 Å². The Morgan fingerprint density at radius 2 is 1.90 bits per heavy atom. The summed E-state index contributed by atoms with van der Waals surface area (Å²) in [6, 6.07) is 2.61. The summed E-state index contributed by atoms with van der Waals surface area (Å²) in [5.74, 6) is 2.42. The van der Waals surface area contributed by atoms with E-state index >= 15 is 0 Å². The number of anilines is 2. The number of nitrogens with two attached hydrogens (primary N) is 1. The lowest BCUT2D eigenvalue weighted by atomic mass is 9.96. The van der Waals surface area contributed by atoms with E-state index < -0.39 is 0 Å². The van der Waals surface area contributed by atoms with Crippen LogP contribution in [0.25, 0.3) is 0 Å². The predicted octanol–water partition coefficient (Wildman–Crippen LogP) is 2.03. The molecular formula is C16H27N5. The number of hydrogen-bond acceptors (Lipinski definition) is 5. The van der Waals surface area contributed by atoms with Crippen LogP contribution in [0.15, 0.2) is 6.07 Å². The molecule has 0 spiro atoms. The largest absolute Gasteiger partial charge is 0.384 e. The molecule has 3 rings (SSSR count). The first-order chi connectivity index (χ1) is 9.93. The maximum absolute atomic E-state index is 6.02. The molecule has 1 aromatic rings. The van der Waals surface area contributed by atoms with Crippen molar-refractivity contribution < 1.29 is 0 Å². The molecule has 2 saturated heterocycles. The molecule has 0 radical (unpaired) electrons. The van der Waals surface area contributed by atoms with E-state index in [-0.39, 0.29) is 5.41 Å². The molecular weight excluding hydrogens is 262 g/mol. The van der Waals surface area contributed by atoms with Crippen LogP contribution in [0.1, 0.15) is 45.9 Å². The monoisotopic (exact) mass is 289 g/mol. The fourth-order valence-corrected chi connectivity index (χ4v) is 3.36. The quantitative estimate of drug-likeness (QED) is 0.857. The van der Waals surface area contributed by atoms with Gasteiger partial charge in [0, 0.05) is 37.2 Å². The van der Waals surface area contributed by atoms with Crippen LogP contribution in [-0.2, 0) is 5.41 Å². The van der Waals surface area contributed by atoms with Crippen molar-refractivity contribution >= 4 is 11.6 Å². The van der Waals surface area contributed by atoms with Crippen LogP contribution >= 0.6 is 0 Å². The fourth-order valence-electron chi connectivity index (χ4n) is 3.36. The highest BCUT2D eigenvalue weighted by Gasteiger charge is 2.30. The maximum atomic E-state index is 6.02. The molecule has 2 N–H and O–H groups in total. The third kappa shape index (κ3) is 3.12. The van der Waals surface area contributed by atoms with E-state index in [4.69, 9.17) is 10.7 Å². The lowest BCUT2D eigenvalue weighted by molar-refractivity contribution is 0.273. The van der Waals surface area contributed by atoms with Gasteiger partial charge in [0.1, 0.15) is 17.5 Å². The molecule has 21 heavy (non-hydrogen) atoms. The number of aromatic nitrogens is 2. The summed E-state index contributed by atoms with van der Waals surface area (Å²) in [5.41, 5.74) is 5.95. The molecule has 5 heteroatoms. The molecule has 2 aliphatic heterocycles. The molecule has 2 fully saturated rings. The Kier molecular flexibility index (Phi) is 3.78. The Hall–Kier alpha value is -1.36. The van der Waals surface area contributed by atoms with Gasteiger partial charge in [0.2, 0.25) is 0 Å². The Morgan fingerprint density at radius 3 is 2.67 bits per heavy atom. The van der Waals surface area contributed by atoms with Gasteiger partial charge in [-0.05, 0) is 25.8 Å². The molecule has 1 unspecified atom stereocenters.